The first kappa shape index (κ1) is 17.2. The van der Waals surface area contributed by atoms with Crippen LogP contribution in [-0.4, -0.2) is 11.0 Å². The van der Waals surface area contributed by atoms with E-state index >= 15 is 0 Å². The van der Waals surface area contributed by atoms with Crippen molar-refractivity contribution in [1.82, 2.24) is 0 Å². The molecule has 0 aromatic heterocycles. The lowest BCUT2D eigenvalue weighted by atomic mass is 10.0. The Balaban J connectivity index is 2.03. The SMILES string of the molecule is Cc1cccc(C)c1NC(=O)/C(C#N)=C\c1c(O)ccc2ccccc12. The van der Waals surface area contributed by atoms with Crippen molar-refractivity contribution < 1.29 is 9.90 Å². The van der Waals surface area contributed by atoms with Gasteiger partial charge in [-0.2, -0.15) is 5.26 Å². The molecule has 26 heavy (non-hydrogen) atoms. The van der Waals surface area contributed by atoms with Gasteiger partial charge >= 0.3 is 0 Å². The van der Waals surface area contributed by atoms with Crippen LogP contribution >= 0.6 is 0 Å². The number of carbonyl (C=O) groups is 1. The van der Waals surface area contributed by atoms with E-state index in [9.17, 15) is 15.2 Å². The zero-order valence-electron chi connectivity index (χ0n) is 14.6. The average Bonchev–Trinajstić information content (AvgIpc) is 2.64. The second-order valence-electron chi connectivity index (χ2n) is 6.11. The minimum Gasteiger partial charge on any atom is -0.507 e. The van der Waals surface area contributed by atoms with Crippen molar-refractivity contribution in [1.29, 1.82) is 5.26 Å². The highest BCUT2D eigenvalue weighted by Crippen LogP contribution is 2.29. The summed E-state index contributed by atoms with van der Waals surface area (Å²) in [5.74, 6) is -0.478. The van der Waals surface area contributed by atoms with Crippen LogP contribution < -0.4 is 5.32 Å². The molecule has 0 radical (unpaired) electrons. The van der Waals surface area contributed by atoms with Crippen LogP contribution in [0.2, 0.25) is 0 Å². The third-order valence-corrected chi connectivity index (χ3v) is 4.32. The van der Waals surface area contributed by atoms with Crippen molar-refractivity contribution in [2.45, 2.75) is 13.8 Å². The second kappa shape index (κ2) is 7.12. The van der Waals surface area contributed by atoms with Crippen LogP contribution in [0.4, 0.5) is 5.69 Å². The number of carbonyl (C=O) groups excluding carboxylic acids is 1. The van der Waals surface area contributed by atoms with Gasteiger partial charge in [0, 0.05) is 11.3 Å². The van der Waals surface area contributed by atoms with Crippen molar-refractivity contribution in [3.8, 4) is 11.8 Å². The Bertz CT molecular complexity index is 1050. The number of aromatic hydroxyl groups is 1. The lowest BCUT2D eigenvalue weighted by molar-refractivity contribution is -0.112. The van der Waals surface area contributed by atoms with Gasteiger partial charge in [-0.1, -0.05) is 48.5 Å². The number of benzene rings is 3. The maximum absolute atomic E-state index is 12.6. The Kier molecular flexibility index (Phi) is 4.72. The van der Waals surface area contributed by atoms with Crippen LogP contribution in [0, 0.1) is 25.2 Å². The number of fused-ring (bicyclic) bond motifs is 1. The molecule has 2 N–H and O–H groups in total. The van der Waals surface area contributed by atoms with Gasteiger partial charge in [0.1, 0.15) is 17.4 Å². The third kappa shape index (κ3) is 3.28. The number of hydrogen-bond acceptors (Lipinski definition) is 3. The summed E-state index contributed by atoms with van der Waals surface area (Å²) in [7, 11) is 0. The highest BCUT2D eigenvalue weighted by molar-refractivity contribution is 6.11. The summed E-state index contributed by atoms with van der Waals surface area (Å²) in [4.78, 5) is 12.6. The van der Waals surface area contributed by atoms with E-state index in [0.29, 0.717) is 11.3 Å². The molecule has 0 fully saturated rings. The number of amides is 1. The smallest absolute Gasteiger partial charge is 0.266 e. The lowest BCUT2D eigenvalue weighted by Crippen LogP contribution is -2.15. The lowest BCUT2D eigenvalue weighted by Gasteiger charge is -2.11. The van der Waals surface area contributed by atoms with E-state index in [1.54, 1.807) is 12.1 Å². The molecule has 0 heterocycles. The number of nitriles is 1. The van der Waals surface area contributed by atoms with Gasteiger partial charge in [0.25, 0.3) is 5.91 Å². The van der Waals surface area contributed by atoms with E-state index in [2.05, 4.69) is 5.32 Å². The van der Waals surface area contributed by atoms with Gasteiger partial charge in [0.2, 0.25) is 0 Å². The van der Waals surface area contributed by atoms with Crippen molar-refractivity contribution in [3.63, 3.8) is 0 Å². The van der Waals surface area contributed by atoms with Gasteiger partial charge in [0.05, 0.1) is 0 Å². The van der Waals surface area contributed by atoms with Gasteiger partial charge in [-0.25, -0.2) is 0 Å². The minimum absolute atomic E-state index is 0.0244. The second-order valence-corrected chi connectivity index (χ2v) is 6.11. The van der Waals surface area contributed by atoms with E-state index < -0.39 is 5.91 Å². The summed E-state index contributed by atoms with van der Waals surface area (Å²) in [6, 6.07) is 18.5. The number of phenolic OH excluding ortho intramolecular Hbond substituents is 1. The van der Waals surface area contributed by atoms with Crippen LogP contribution in [0.25, 0.3) is 16.8 Å². The normalized spacial score (nSPS) is 11.2. The zero-order chi connectivity index (χ0) is 18.7. The number of nitrogens with one attached hydrogen (secondary N) is 1. The largest absolute Gasteiger partial charge is 0.507 e. The molecule has 0 saturated heterocycles. The first-order valence-electron chi connectivity index (χ1n) is 8.21. The Morgan fingerprint density at radius 3 is 2.42 bits per heavy atom. The molecule has 0 unspecified atom stereocenters. The summed E-state index contributed by atoms with van der Waals surface area (Å²) in [6.07, 6.45) is 1.43. The molecule has 0 aliphatic rings. The predicted molar refractivity (Wildman–Crippen MR) is 104 cm³/mol. The van der Waals surface area contributed by atoms with E-state index in [-0.39, 0.29) is 11.3 Å². The molecule has 0 saturated carbocycles. The molecule has 1 amide bonds. The van der Waals surface area contributed by atoms with E-state index in [1.807, 2.05) is 62.4 Å². The topological polar surface area (TPSA) is 73.1 Å². The van der Waals surface area contributed by atoms with E-state index in [1.165, 1.54) is 6.08 Å². The molecular weight excluding hydrogens is 324 g/mol. The summed E-state index contributed by atoms with van der Waals surface area (Å²) in [5.41, 5.74) is 2.92. The maximum atomic E-state index is 12.6. The zero-order valence-corrected chi connectivity index (χ0v) is 14.6. The first-order chi connectivity index (χ1) is 12.5. The van der Waals surface area contributed by atoms with Crippen LogP contribution in [0.3, 0.4) is 0 Å². The molecule has 3 aromatic carbocycles. The molecule has 0 aliphatic heterocycles. The molecular formula is C22H18N2O2. The van der Waals surface area contributed by atoms with E-state index in [4.69, 9.17) is 0 Å². The van der Waals surface area contributed by atoms with Crippen LogP contribution in [-0.2, 0) is 4.79 Å². The monoisotopic (exact) mass is 342 g/mol. The molecule has 0 spiro atoms. The van der Waals surface area contributed by atoms with Crippen molar-refractivity contribution in [2.75, 3.05) is 5.32 Å². The molecule has 3 rings (SSSR count). The molecule has 0 aliphatic carbocycles. The Morgan fingerprint density at radius 2 is 1.73 bits per heavy atom. The molecule has 0 atom stereocenters. The third-order valence-electron chi connectivity index (χ3n) is 4.32. The Labute approximate surface area is 152 Å². The highest BCUT2D eigenvalue weighted by Gasteiger charge is 2.14. The Hall–Kier alpha value is -3.58. The molecule has 4 heteroatoms. The fraction of sp³-hybridized carbons (Fsp3) is 0.0909. The predicted octanol–water partition coefficient (Wildman–Crippen LogP) is 4.71. The van der Waals surface area contributed by atoms with Gasteiger partial charge in [0.15, 0.2) is 0 Å². The van der Waals surface area contributed by atoms with Gasteiger partial charge in [-0.15, -0.1) is 0 Å². The summed E-state index contributed by atoms with van der Waals surface area (Å²) in [5, 5.41) is 24.2. The van der Waals surface area contributed by atoms with Crippen LogP contribution in [0.15, 0.2) is 60.2 Å². The number of phenols is 1. The average molecular weight is 342 g/mol. The maximum Gasteiger partial charge on any atom is 0.266 e. The van der Waals surface area contributed by atoms with Gasteiger partial charge < -0.3 is 10.4 Å². The number of anilines is 1. The molecule has 0 bridgehead atoms. The summed E-state index contributed by atoms with van der Waals surface area (Å²) < 4.78 is 0. The number of para-hydroxylation sites is 1. The highest BCUT2D eigenvalue weighted by atomic mass is 16.3. The molecule has 128 valence electrons. The van der Waals surface area contributed by atoms with Crippen molar-refractivity contribution in [3.05, 3.63) is 76.9 Å². The standard InChI is InChI=1S/C22H18N2O2/c1-14-6-5-7-15(2)21(14)24-22(26)17(13-23)12-19-18-9-4-3-8-16(18)10-11-20(19)25/h3-12,25H,1-2H3,(H,24,26)/b17-12-. The fourth-order valence-electron chi connectivity index (χ4n) is 2.92. The summed E-state index contributed by atoms with van der Waals surface area (Å²) in [6.45, 7) is 3.80. The minimum atomic E-state index is -0.503. The fourth-order valence-corrected chi connectivity index (χ4v) is 2.92. The Morgan fingerprint density at radius 1 is 1.04 bits per heavy atom. The number of aryl methyl sites for hydroxylation is 2. The number of hydrogen-bond donors (Lipinski definition) is 2. The molecule has 4 nitrogen and oxygen atoms in total. The van der Waals surface area contributed by atoms with Gasteiger partial charge in [-0.3, -0.25) is 4.79 Å². The van der Waals surface area contributed by atoms with Crippen molar-refractivity contribution >= 4 is 28.4 Å². The summed E-state index contributed by atoms with van der Waals surface area (Å²) >= 11 is 0. The first-order valence-corrected chi connectivity index (χ1v) is 8.21. The quantitative estimate of drug-likeness (QED) is 0.535. The van der Waals surface area contributed by atoms with Crippen LogP contribution in [0.5, 0.6) is 5.75 Å². The number of nitrogens with zero attached hydrogens (tertiary/aromatic N) is 1. The van der Waals surface area contributed by atoms with Gasteiger partial charge in [-0.05, 0) is 47.9 Å². The van der Waals surface area contributed by atoms with E-state index in [0.717, 1.165) is 21.9 Å². The van der Waals surface area contributed by atoms with Crippen molar-refractivity contribution in [2.24, 2.45) is 0 Å². The molecule has 3 aromatic rings. The van der Waals surface area contributed by atoms with Crippen LogP contribution in [0.1, 0.15) is 16.7 Å². The number of rotatable bonds is 3.